The number of hydrogen-bond donors (Lipinski definition) is 4. The standard InChI is InChI=1S/C30H42F2N4O6/c1-5-17(20-8-6-7-9-23(20)42-29(31)32)15-24(37)35-22(16-30(2,3)4)27(40)36-21(14-18-12-13-33-26(18)39)25(38)28(41)34-19-10-11-19/h6-9,17-19,21-22,29H,5,10-16H2,1-4H3,(H,33,39)(H,34,41)(H,35,37)(H,36,40)/t17?,18?,21?,22-/m0/s1. The van der Waals surface area contributed by atoms with Crippen LogP contribution in [-0.2, 0) is 24.0 Å². The number of hydrogen-bond acceptors (Lipinski definition) is 6. The van der Waals surface area contributed by atoms with E-state index >= 15 is 0 Å². The number of ether oxygens (including phenoxy) is 1. The van der Waals surface area contributed by atoms with Gasteiger partial charge in [0, 0.05) is 24.9 Å². The first-order valence-electron chi connectivity index (χ1n) is 14.5. The van der Waals surface area contributed by atoms with E-state index in [1.165, 1.54) is 6.07 Å². The minimum absolute atomic E-state index is 0.0158. The summed E-state index contributed by atoms with van der Waals surface area (Å²) < 4.78 is 30.6. The first kappa shape index (κ1) is 32.9. The molecule has 0 bridgehead atoms. The molecule has 1 saturated carbocycles. The van der Waals surface area contributed by atoms with Gasteiger partial charge in [-0.2, -0.15) is 8.78 Å². The zero-order chi connectivity index (χ0) is 31.0. The van der Waals surface area contributed by atoms with Crippen molar-refractivity contribution in [2.75, 3.05) is 6.54 Å². The molecule has 2 aliphatic rings. The highest BCUT2D eigenvalue weighted by Crippen LogP contribution is 2.32. The van der Waals surface area contributed by atoms with E-state index in [9.17, 15) is 32.8 Å². The summed E-state index contributed by atoms with van der Waals surface area (Å²) >= 11 is 0. The van der Waals surface area contributed by atoms with Gasteiger partial charge in [-0.05, 0) is 61.5 Å². The fourth-order valence-corrected chi connectivity index (χ4v) is 5.09. The maximum absolute atomic E-state index is 13.6. The van der Waals surface area contributed by atoms with Crippen LogP contribution in [0.4, 0.5) is 8.78 Å². The third-order valence-corrected chi connectivity index (χ3v) is 7.42. The smallest absolute Gasteiger partial charge is 0.387 e. The van der Waals surface area contributed by atoms with Crippen molar-refractivity contribution in [3.8, 4) is 5.75 Å². The largest absolute Gasteiger partial charge is 0.435 e. The molecule has 4 N–H and O–H groups in total. The number of amides is 4. The van der Waals surface area contributed by atoms with E-state index in [-0.39, 0.29) is 37.0 Å². The molecule has 12 heteroatoms. The van der Waals surface area contributed by atoms with E-state index < -0.39 is 59.5 Å². The normalized spacial score (nSPS) is 18.9. The number of para-hydroxylation sites is 1. The molecule has 1 aromatic rings. The average molecular weight is 593 g/mol. The summed E-state index contributed by atoms with van der Waals surface area (Å²) in [5, 5.41) is 10.7. The molecule has 1 heterocycles. The van der Waals surface area contributed by atoms with Crippen LogP contribution >= 0.6 is 0 Å². The Bertz CT molecular complexity index is 1150. The van der Waals surface area contributed by atoms with Crippen LogP contribution in [0.2, 0.25) is 0 Å². The highest BCUT2D eigenvalue weighted by atomic mass is 19.3. The number of carbonyl (C=O) groups excluding carboxylic acids is 5. The number of rotatable bonds is 15. The molecule has 1 aliphatic heterocycles. The van der Waals surface area contributed by atoms with E-state index in [0.717, 1.165) is 12.8 Å². The highest BCUT2D eigenvalue weighted by molar-refractivity contribution is 6.38. The molecule has 42 heavy (non-hydrogen) atoms. The summed E-state index contributed by atoms with van der Waals surface area (Å²) in [5.74, 6) is -4.04. The van der Waals surface area contributed by atoms with Gasteiger partial charge < -0.3 is 26.0 Å². The zero-order valence-corrected chi connectivity index (χ0v) is 24.6. The van der Waals surface area contributed by atoms with Gasteiger partial charge in [0.2, 0.25) is 23.5 Å². The van der Waals surface area contributed by atoms with Crippen LogP contribution in [0.15, 0.2) is 24.3 Å². The molecule has 3 rings (SSSR count). The second-order valence-corrected chi connectivity index (χ2v) is 12.3. The maximum atomic E-state index is 13.6. The van der Waals surface area contributed by atoms with Crippen LogP contribution in [0.1, 0.15) is 84.1 Å². The highest BCUT2D eigenvalue weighted by Gasteiger charge is 2.37. The van der Waals surface area contributed by atoms with Gasteiger partial charge in [-0.1, -0.05) is 45.9 Å². The number of nitrogens with one attached hydrogen (secondary N) is 4. The van der Waals surface area contributed by atoms with Crippen molar-refractivity contribution in [3.05, 3.63) is 29.8 Å². The van der Waals surface area contributed by atoms with Gasteiger partial charge in [-0.15, -0.1) is 0 Å². The fraction of sp³-hybridized carbons (Fsp3) is 0.633. The molecule has 4 amide bonds. The van der Waals surface area contributed by atoms with E-state index in [0.29, 0.717) is 24.9 Å². The summed E-state index contributed by atoms with van der Waals surface area (Å²) in [6, 6.07) is 3.91. The summed E-state index contributed by atoms with van der Waals surface area (Å²) in [4.78, 5) is 64.7. The van der Waals surface area contributed by atoms with Crippen LogP contribution in [-0.4, -0.2) is 60.7 Å². The Kier molecular flexibility index (Phi) is 11.4. The lowest BCUT2D eigenvalue weighted by Crippen LogP contribution is -2.55. The van der Waals surface area contributed by atoms with Gasteiger partial charge in [0.25, 0.3) is 5.91 Å². The lowest BCUT2D eigenvalue weighted by molar-refractivity contribution is -0.141. The molecule has 3 unspecified atom stereocenters. The lowest BCUT2D eigenvalue weighted by atomic mass is 9.87. The molecule has 1 saturated heterocycles. The van der Waals surface area contributed by atoms with Crippen molar-refractivity contribution < 1.29 is 37.5 Å². The van der Waals surface area contributed by atoms with Gasteiger partial charge >= 0.3 is 6.61 Å². The van der Waals surface area contributed by atoms with Crippen LogP contribution in [0, 0.1) is 11.3 Å². The van der Waals surface area contributed by atoms with Crippen molar-refractivity contribution in [1.29, 1.82) is 0 Å². The van der Waals surface area contributed by atoms with Gasteiger partial charge in [0.1, 0.15) is 11.8 Å². The summed E-state index contributed by atoms with van der Waals surface area (Å²) in [6.07, 6.45) is 2.55. The fourth-order valence-electron chi connectivity index (χ4n) is 5.09. The van der Waals surface area contributed by atoms with Crippen LogP contribution in [0.5, 0.6) is 5.75 Å². The Balaban J connectivity index is 1.76. The molecule has 4 atom stereocenters. The van der Waals surface area contributed by atoms with Crippen molar-refractivity contribution in [1.82, 2.24) is 21.3 Å². The summed E-state index contributed by atoms with van der Waals surface area (Å²) in [6.45, 7) is 4.91. The zero-order valence-electron chi connectivity index (χ0n) is 24.6. The number of Topliss-reactive ketones (excluding diaryl/α,β-unsaturated/α-hetero) is 1. The predicted octanol–water partition coefficient (Wildman–Crippen LogP) is 2.95. The summed E-state index contributed by atoms with van der Waals surface area (Å²) in [7, 11) is 0. The van der Waals surface area contributed by atoms with Gasteiger partial charge in [-0.3, -0.25) is 24.0 Å². The Morgan fingerprint density at radius 3 is 2.31 bits per heavy atom. The number of ketones is 1. The third-order valence-electron chi connectivity index (χ3n) is 7.42. The van der Waals surface area contributed by atoms with Crippen molar-refractivity contribution in [2.24, 2.45) is 11.3 Å². The van der Waals surface area contributed by atoms with Crippen LogP contribution < -0.4 is 26.0 Å². The Hall–Kier alpha value is -3.57. The number of alkyl halides is 2. The first-order chi connectivity index (χ1) is 19.8. The van der Waals surface area contributed by atoms with Gasteiger partial charge in [-0.25, -0.2) is 0 Å². The molecule has 0 spiro atoms. The number of halogens is 2. The van der Waals surface area contributed by atoms with Crippen molar-refractivity contribution in [3.63, 3.8) is 0 Å². The lowest BCUT2D eigenvalue weighted by Gasteiger charge is -2.29. The monoisotopic (exact) mass is 592 g/mol. The van der Waals surface area contributed by atoms with E-state index in [1.54, 1.807) is 18.2 Å². The van der Waals surface area contributed by atoms with Crippen molar-refractivity contribution >= 4 is 29.4 Å². The Morgan fingerprint density at radius 1 is 1.05 bits per heavy atom. The van der Waals surface area contributed by atoms with E-state index in [2.05, 4.69) is 26.0 Å². The Morgan fingerprint density at radius 2 is 1.74 bits per heavy atom. The Labute approximate surface area is 245 Å². The van der Waals surface area contributed by atoms with Gasteiger partial charge in [0.15, 0.2) is 0 Å². The first-order valence-corrected chi connectivity index (χ1v) is 14.5. The molecular formula is C30H42F2N4O6. The molecule has 0 aromatic heterocycles. The SMILES string of the molecule is CCC(CC(=O)N[C@@H](CC(C)(C)C)C(=O)NC(CC1CCNC1=O)C(=O)C(=O)NC1CC1)c1ccccc1OC(F)F. The third kappa shape index (κ3) is 10.1. The molecule has 0 radical (unpaired) electrons. The van der Waals surface area contributed by atoms with Crippen LogP contribution in [0.3, 0.4) is 0 Å². The predicted molar refractivity (Wildman–Crippen MR) is 151 cm³/mol. The quantitative estimate of drug-likeness (QED) is 0.231. The molecular weight excluding hydrogens is 550 g/mol. The number of carbonyl (C=O) groups is 5. The topological polar surface area (TPSA) is 143 Å². The molecule has 2 fully saturated rings. The minimum atomic E-state index is -3.02. The summed E-state index contributed by atoms with van der Waals surface area (Å²) in [5.41, 5.74) is 0.0418. The van der Waals surface area contributed by atoms with E-state index in [4.69, 9.17) is 0 Å². The van der Waals surface area contributed by atoms with E-state index in [1.807, 2.05) is 27.7 Å². The number of benzene rings is 1. The molecule has 10 nitrogen and oxygen atoms in total. The maximum Gasteiger partial charge on any atom is 0.387 e. The molecule has 232 valence electrons. The minimum Gasteiger partial charge on any atom is -0.435 e. The molecule has 1 aliphatic carbocycles. The van der Waals surface area contributed by atoms with Gasteiger partial charge in [0.05, 0.1) is 6.04 Å². The molecule has 1 aromatic carbocycles. The van der Waals surface area contributed by atoms with Crippen molar-refractivity contribution in [2.45, 2.75) is 103 Å². The average Bonchev–Trinajstić information content (AvgIpc) is 3.63. The van der Waals surface area contributed by atoms with Crippen LogP contribution in [0.25, 0.3) is 0 Å². The second kappa shape index (κ2) is 14.6. The second-order valence-electron chi connectivity index (χ2n) is 12.3.